The number of allylic oxidation sites excluding steroid dienone is 1. The van der Waals surface area contributed by atoms with Crippen LogP contribution in [-0.4, -0.2) is 17.7 Å². The summed E-state index contributed by atoms with van der Waals surface area (Å²) in [5.74, 6) is -0.391. The van der Waals surface area contributed by atoms with Gasteiger partial charge in [-0.15, -0.1) is 0 Å². The van der Waals surface area contributed by atoms with Gasteiger partial charge in [-0.2, -0.15) is 0 Å². The molecule has 0 amide bonds. The summed E-state index contributed by atoms with van der Waals surface area (Å²) in [6.45, 7) is 4.45. The largest absolute Gasteiger partial charge is 0.487 e. The highest BCUT2D eigenvalue weighted by atomic mass is 16.5. The van der Waals surface area contributed by atoms with Gasteiger partial charge in [-0.3, -0.25) is 0 Å². The maximum atomic E-state index is 10.4. The smallest absolute Gasteiger partial charge is 0.328 e. The molecule has 0 fully saturated rings. The molecule has 0 unspecified atom stereocenters. The fraction of sp³-hybridized carbons (Fsp3) is 0.214. The molecule has 0 aliphatic carbocycles. The fourth-order valence-electron chi connectivity index (χ4n) is 1.27. The second-order valence-corrected chi connectivity index (χ2v) is 4.06. The zero-order valence-electron chi connectivity index (χ0n) is 10.5. The highest BCUT2D eigenvalue weighted by molar-refractivity contribution is 5.85. The van der Waals surface area contributed by atoms with Crippen molar-refractivity contribution in [1.29, 1.82) is 0 Å². The van der Waals surface area contributed by atoms with Gasteiger partial charge in [0.15, 0.2) is 0 Å². The Kier molecular flexibility index (Phi) is 4.99. The van der Waals surface area contributed by atoms with E-state index in [9.17, 15) is 4.79 Å². The average molecular weight is 247 g/mol. The van der Waals surface area contributed by atoms with Crippen molar-refractivity contribution < 1.29 is 14.6 Å². The third kappa shape index (κ3) is 4.74. The molecule has 0 radical (unpaired) electrons. The summed E-state index contributed by atoms with van der Waals surface area (Å²) >= 11 is 0. The van der Waals surface area contributed by atoms with Crippen LogP contribution < -0.4 is 10.5 Å². The van der Waals surface area contributed by atoms with Crippen molar-refractivity contribution in [3.05, 3.63) is 41.5 Å². The number of carboxylic acid groups (broad SMARTS) is 1. The van der Waals surface area contributed by atoms with E-state index in [1.165, 1.54) is 11.6 Å². The number of hydrogen-bond acceptors (Lipinski definition) is 3. The van der Waals surface area contributed by atoms with Crippen molar-refractivity contribution in [2.24, 2.45) is 0 Å². The lowest BCUT2D eigenvalue weighted by Crippen LogP contribution is -1.98. The Morgan fingerprint density at radius 2 is 2.17 bits per heavy atom. The van der Waals surface area contributed by atoms with Crippen LogP contribution in [0.1, 0.15) is 19.4 Å². The molecular formula is C14H17NO3. The van der Waals surface area contributed by atoms with Gasteiger partial charge in [-0.05, 0) is 43.7 Å². The van der Waals surface area contributed by atoms with Crippen molar-refractivity contribution in [2.75, 3.05) is 12.3 Å². The Hall–Kier alpha value is -2.23. The van der Waals surface area contributed by atoms with E-state index in [-0.39, 0.29) is 0 Å². The molecule has 0 atom stereocenters. The molecule has 4 heteroatoms. The molecule has 0 heterocycles. The lowest BCUT2D eigenvalue weighted by molar-refractivity contribution is -0.131. The third-order valence-corrected chi connectivity index (χ3v) is 2.18. The van der Waals surface area contributed by atoms with E-state index >= 15 is 0 Å². The maximum absolute atomic E-state index is 10.4. The van der Waals surface area contributed by atoms with Gasteiger partial charge in [0, 0.05) is 6.08 Å². The number of rotatable bonds is 5. The number of benzene rings is 1. The van der Waals surface area contributed by atoms with Crippen molar-refractivity contribution in [3.63, 3.8) is 0 Å². The Morgan fingerprint density at radius 1 is 1.44 bits per heavy atom. The molecule has 4 nitrogen and oxygen atoms in total. The minimum absolute atomic E-state index is 0.469. The predicted molar refractivity (Wildman–Crippen MR) is 72.5 cm³/mol. The van der Waals surface area contributed by atoms with E-state index in [1.54, 1.807) is 18.2 Å². The molecule has 1 aromatic carbocycles. The third-order valence-electron chi connectivity index (χ3n) is 2.18. The molecule has 0 aliphatic rings. The second-order valence-electron chi connectivity index (χ2n) is 4.06. The molecule has 1 aromatic rings. The number of nitrogen functional groups attached to an aromatic ring is 1. The van der Waals surface area contributed by atoms with Crippen LogP contribution in [0, 0.1) is 0 Å². The van der Waals surface area contributed by atoms with Gasteiger partial charge in [0.25, 0.3) is 0 Å². The van der Waals surface area contributed by atoms with E-state index < -0.39 is 5.97 Å². The standard InChI is InChI=1S/C14H17NO3/c1-10(2)7-8-18-13-5-3-11(9-12(13)15)4-6-14(16)17/h3-7,9H,8,15H2,1-2H3,(H,16,17)/b6-4+. The fourth-order valence-corrected chi connectivity index (χ4v) is 1.27. The first-order valence-corrected chi connectivity index (χ1v) is 5.55. The lowest BCUT2D eigenvalue weighted by atomic mass is 10.2. The van der Waals surface area contributed by atoms with Crippen LogP contribution >= 0.6 is 0 Å². The topological polar surface area (TPSA) is 72.5 Å². The van der Waals surface area contributed by atoms with Crippen molar-refractivity contribution >= 4 is 17.7 Å². The van der Waals surface area contributed by atoms with E-state index in [0.29, 0.717) is 18.0 Å². The van der Waals surface area contributed by atoms with Gasteiger partial charge >= 0.3 is 5.97 Å². The summed E-state index contributed by atoms with van der Waals surface area (Å²) in [6, 6.07) is 5.17. The molecule has 1 rings (SSSR count). The maximum Gasteiger partial charge on any atom is 0.328 e. The number of aliphatic carboxylic acids is 1. The summed E-state index contributed by atoms with van der Waals surface area (Å²) in [7, 11) is 0. The Bertz CT molecular complexity index is 486. The number of carboxylic acids is 1. The van der Waals surface area contributed by atoms with E-state index in [2.05, 4.69) is 0 Å². The Morgan fingerprint density at radius 3 is 2.72 bits per heavy atom. The molecule has 0 bridgehead atoms. The van der Waals surface area contributed by atoms with E-state index in [4.69, 9.17) is 15.6 Å². The number of anilines is 1. The molecule has 0 spiro atoms. The van der Waals surface area contributed by atoms with Crippen LogP contribution in [0.15, 0.2) is 35.9 Å². The molecule has 0 aromatic heterocycles. The van der Waals surface area contributed by atoms with Gasteiger partial charge in [-0.25, -0.2) is 4.79 Å². The molecule has 0 aliphatic heterocycles. The number of carbonyl (C=O) groups is 1. The summed E-state index contributed by atoms with van der Waals surface area (Å²) in [5.41, 5.74) is 8.21. The zero-order chi connectivity index (χ0) is 13.5. The predicted octanol–water partition coefficient (Wildman–Crippen LogP) is 2.71. The van der Waals surface area contributed by atoms with Crippen LogP contribution in [0.2, 0.25) is 0 Å². The Labute approximate surface area is 106 Å². The van der Waals surface area contributed by atoms with E-state index in [1.807, 2.05) is 19.9 Å². The quantitative estimate of drug-likeness (QED) is 0.476. The lowest BCUT2D eigenvalue weighted by Gasteiger charge is -2.07. The first-order valence-electron chi connectivity index (χ1n) is 5.55. The Balaban J connectivity index is 2.73. The van der Waals surface area contributed by atoms with Crippen LogP contribution in [0.5, 0.6) is 5.75 Å². The van der Waals surface area contributed by atoms with Gasteiger partial charge in [0.2, 0.25) is 0 Å². The van der Waals surface area contributed by atoms with Gasteiger partial charge in [0.05, 0.1) is 5.69 Å². The van der Waals surface area contributed by atoms with Crippen molar-refractivity contribution in [1.82, 2.24) is 0 Å². The molecule has 0 saturated carbocycles. The van der Waals surface area contributed by atoms with Crippen LogP contribution in [-0.2, 0) is 4.79 Å². The summed E-state index contributed by atoms with van der Waals surface area (Å²) in [4.78, 5) is 10.4. The molecule has 96 valence electrons. The van der Waals surface area contributed by atoms with Crippen molar-refractivity contribution in [3.8, 4) is 5.75 Å². The monoisotopic (exact) mass is 247 g/mol. The molecule has 18 heavy (non-hydrogen) atoms. The highest BCUT2D eigenvalue weighted by Gasteiger charge is 2.00. The van der Waals surface area contributed by atoms with Gasteiger partial charge in [0.1, 0.15) is 12.4 Å². The summed E-state index contributed by atoms with van der Waals surface area (Å²) in [5, 5.41) is 8.52. The van der Waals surface area contributed by atoms with Gasteiger partial charge < -0.3 is 15.6 Å². The average Bonchev–Trinajstić information content (AvgIpc) is 2.28. The number of hydrogen-bond donors (Lipinski definition) is 2. The van der Waals surface area contributed by atoms with Crippen LogP contribution in [0.4, 0.5) is 5.69 Å². The van der Waals surface area contributed by atoms with Crippen LogP contribution in [0.25, 0.3) is 6.08 Å². The number of ether oxygens (including phenoxy) is 1. The SMILES string of the molecule is CC(C)=CCOc1ccc(/C=C/C(=O)O)cc1N. The first kappa shape index (κ1) is 13.8. The zero-order valence-corrected chi connectivity index (χ0v) is 10.5. The van der Waals surface area contributed by atoms with Crippen molar-refractivity contribution in [2.45, 2.75) is 13.8 Å². The molecule has 3 N–H and O–H groups in total. The first-order chi connectivity index (χ1) is 8.49. The highest BCUT2D eigenvalue weighted by Crippen LogP contribution is 2.23. The summed E-state index contributed by atoms with van der Waals surface area (Å²) in [6.07, 6.45) is 4.51. The molecule has 0 saturated heterocycles. The summed E-state index contributed by atoms with van der Waals surface area (Å²) < 4.78 is 5.49. The number of nitrogens with two attached hydrogens (primary N) is 1. The molecular weight excluding hydrogens is 230 g/mol. The van der Waals surface area contributed by atoms with Crippen LogP contribution in [0.3, 0.4) is 0 Å². The minimum atomic E-state index is -0.988. The normalized spacial score (nSPS) is 10.3. The van der Waals surface area contributed by atoms with Gasteiger partial charge in [-0.1, -0.05) is 11.6 Å². The second kappa shape index (κ2) is 6.49. The minimum Gasteiger partial charge on any atom is -0.487 e. The van der Waals surface area contributed by atoms with E-state index in [0.717, 1.165) is 11.6 Å².